The summed E-state index contributed by atoms with van der Waals surface area (Å²) >= 11 is 0. The quantitative estimate of drug-likeness (QED) is 0.576. The van der Waals surface area contributed by atoms with Crippen LogP contribution in [0.25, 0.3) is 0 Å². The van der Waals surface area contributed by atoms with Crippen molar-refractivity contribution in [2.75, 3.05) is 31.6 Å². The van der Waals surface area contributed by atoms with Crippen LogP contribution in [0.4, 0.5) is 5.69 Å². The molecule has 1 aliphatic heterocycles. The summed E-state index contributed by atoms with van der Waals surface area (Å²) < 4.78 is 10.8. The predicted molar refractivity (Wildman–Crippen MR) is 107 cm³/mol. The molecule has 27 heavy (non-hydrogen) atoms. The van der Waals surface area contributed by atoms with Crippen LogP contribution in [0.15, 0.2) is 39.8 Å². The Labute approximate surface area is 160 Å². The Morgan fingerprint density at radius 1 is 1.37 bits per heavy atom. The minimum Gasteiger partial charge on any atom is -0.495 e. The van der Waals surface area contributed by atoms with E-state index in [9.17, 15) is 0 Å². The molecule has 7 nitrogen and oxygen atoms in total. The fourth-order valence-corrected chi connectivity index (χ4v) is 3.26. The Hall–Kier alpha value is -2.70. The van der Waals surface area contributed by atoms with Crippen molar-refractivity contribution in [1.82, 2.24) is 15.8 Å². The Morgan fingerprint density at radius 2 is 2.22 bits per heavy atom. The van der Waals surface area contributed by atoms with Crippen molar-refractivity contribution < 1.29 is 9.26 Å². The van der Waals surface area contributed by atoms with E-state index < -0.39 is 0 Å². The molecule has 3 rings (SSSR count). The minimum atomic E-state index is 0.327. The van der Waals surface area contributed by atoms with E-state index in [0.29, 0.717) is 12.6 Å². The van der Waals surface area contributed by atoms with Crippen molar-refractivity contribution >= 4 is 11.6 Å². The number of rotatable bonds is 7. The summed E-state index contributed by atoms with van der Waals surface area (Å²) in [4.78, 5) is 7.00. The Morgan fingerprint density at radius 3 is 2.96 bits per heavy atom. The molecule has 2 heterocycles. The zero-order valence-electron chi connectivity index (χ0n) is 16.4. The number of guanidine groups is 1. The lowest BCUT2D eigenvalue weighted by Crippen LogP contribution is -2.44. The number of aryl methyl sites for hydroxylation is 1. The molecule has 0 saturated carbocycles. The van der Waals surface area contributed by atoms with Crippen molar-refractivity contribution in [2.24, 2.45) is 4.99 Å². The SMILES string of the molecule is CCNC(=NCc1cc(CC)no1)NC1CCN(c2ccccc2OC)C1. The lowest BCUT2D eigenvalue weighted by atomic mass is 10.2. The van der Waals surface area contributed by atoms with Gasteiger partial charge in [-0.05, 0) is 31.9 Å². The third-order valence-corrected chi connectivity index (χ3v) is 4.66. The molecule has 1 saturated heterocycles. The molecule has 146 valence electrons. The van der Waals surface area contributed by atoms with E-state index in [-0.39, 0.29) is 0 Å². The molecular formula is C20H29N5O2. The smallest absolute Gasteiger partial charge is 0.191 e. The Balaban J connectivity index is 1.60. The Bertz CT molecular complexity index is 758. The molecule has 1 unspecified atom stereocenters. The van der Waals surface area contributed by atoms with Gasteiger partial charge in [0, 0.05) is 31.7 Å². The van der Waals surface area contributed by atoms with E-state index in [1.807, 2.05) is 24.3 Å². The molecule has 1 fully saturated rings. The van der Waals surface area contributed by atoms with Crippen LogP contribution >= 0.6 is 0 Å². The van der Waals surface area contributed by atoms with Gasteiger partial charge in [-0.1, -0.05) is 24.2 Å². The minimum absolute atomic E-state index is 0.327. The molecule has 1 aromatic heterocycles. The van der Waals surface area contributed by atoms with Gasteiger partial charge in [-0.15, -0.1) is 0 Å². The lowest BCUT2D eigenvalue weighted by molar-refractivity contribution is 0.379. The maximum Gasteiger partial charge on any atom is 0.191 e. The fourth-order valence-electron chi connectivity index (χ4n) is 3.26. The van der Waals surface area contributed by atoms with E-state index >= 15 is 0 Å². The molecule has 7 heteroatoms. The van der Waals surface area contributed by atoms with Crippen molar-refractivity contribution in [3.05, 3.63) is 41.8 Å². The van der Waals surface area contributed by atoms with Gasteiger partial charge >= 0.3 is 0 Å². The zero-order chi connectivity index (χ0) is 19.1. The number of para-hydroxylation sites is 2. The van der Waals surface area contributed by atoms with Gasteiger partial charge in [0.05, 0.1) is 18.5 Å². The van der Waals surface area contributed by atoms with Crippen molar-refractivity contribution in [1.29, 1.82) is 0 Å². The van der Waals surface area contributed by atoms with E-state index in [1.54, 1.807) is 7.11 Å². The number of hydrogen-bond acceptors (Lipinski definition) is 5. The molecule has 1 aromatic carbocycles. The number of aliphatic imine (C=N–C) groups is 1. The van der Waals surface area contributed by atoms with Crippen LogP contribution in [0.1, 0.15) is 31.7 Å². The summed E-state index contributed by atoms with van der Waals surface area (Å²) in [5.41, 5.74) is 2.10. The second kappa shape index (κ2) is 9.30. The van der Waals surface area contributed by atoms with Crippen LogP contribution in [0.2, 0.25) is 0 Å². The highest BCUT2D eigenvalue weighted by atomic mass is 16.5. The molecule has 0 radical (unpaired) electrons. The van der Waals surface area contributed by atoms with Gasteiger partial charge in [-0.25, -0.2) is 4.99 Å². The first-order valence-electron chi connectivity index (χ1n) is 9.60. The monoisotopic (exact) mass is 371 g/mol. The van der Waals surface area contributed by atoms with Crippen LogP contribution in [-0.4, -0.2) is 43.9 Å². The highest BCUT2D eigenvalue weighted by molar-refractivity contribution is 5.80. The molecule has 1 atom stereocenters. The average molecular weight is 371 g/mol. The summed E-state index contributed by atoms with van der Waals surface area (Å²) in [6.45, 7) is 7.31. The van der Waals surface area contributed by atoms with E-state index in [1.165, 1.54) is 0 Å². The highest BCUT2D eigenvalue weighted by Crippen LogP contribution is 2.30. The topological polar surface area (TPSA) is 74.9 Å². The largest absolute Gasteiger partial charge is 0.495 e. The number of methoxy groups -OCH3 is 1. The summed E-state index contributed by atoms with van der Waals surface area (Å²) in [5, 5.41) is 10.9. The van der Waals surface area contributed by atoms with Gasteiger partial charge in [0.15, 0.2) is 11.7 Å². The highest BCUT2D eigenvalue weighted by Gasteiger charge is 2.25. The predicted octanol–water partition coefficient (Wildman–Crippen LogP) is 2.58. The van der Waals surface area contributed by atoms with Crippen LogP contribution in [0.3, 0.4) is 0 Å². The van der Waals surface area contributed by atoms with E-state index in [2.05, 4.69) is 45.6 Å². The number of nitrogens with one attached hydrogen (secondary N) is 2. The first-order chi connectivity index (χ1) is 13.2. The van der Waals surface area contributed by atoms with Crippen LogP contribution in [0, 0.1) is 0 Å². The number of nitrogens with zero attached hydrogens (tertiary/aromatic N) is 3. The maximum absolute atomic E-state index is 5.50. The van der Waals surface area contributed by atoms with Crippen molar-refractivity contribution in [3.8, 4) is 5.75 Å². The maximum atomic E-state index is 5.50. The van der Waals surface area contributed by atoms with Gasteiger partial charge in [-0.3, -0.25) is 0 Å². The van der Waals surface area contributed by atoms with Gasteiger partial charge in [0.1, 0.15) is 12.3 Å². The van der Waals surface area contributed by atoms with Crippen LogP contribution in [0.5, 0.6) is 5.75 Å². The normalized spacial score (nSPS) is 17.2. The van der Waals surface area contributed by atoms with E-state index in [4.69, 9.17) is 9.26 Å². The summed E-state index contributed by atoms with van der Waals surface area (Å²) in [6, 6.07) is 10.4. The molecule has 0 spiro atoms. The number of benzene rings is 1. The van der Waals surface area contributed by atoms with Crippen molar-refractivity contribution in [3.63, 3.8) is 0 Å². The molecule has 2 N–H and O–H groups in total. The third-order valence-electron chi connectivity index (χ3n) is 4.66. The van der Waals surface area contributed by atoms with Gasteiger partial charge < -0.3 is 24.8 Å². The first kappa shape index (κ1) is 19.1. The second-order valence-electron chi connectivity index (χ2n) is 6.58. The summed E-state index contributed by atoms with van der Waals surface area (Å²) in [5.74, 6) is 2.50. The fraction of sp³-hybridized carbons (Fsp3) is 0.500. The molecular weight excluding hydrogens is 342 g/mol. The number of ether oxygens (including phenoxy) is 1. The van der Waals surface area contributed by atoms with Crippen molar-refractivity contribution in [2.45, 2.75) is 39.3 Å². The Kier molecular flexibility index (Phi) is 6.57. The number of anilines is 1. The first-order valence-corrected chi connectivity index (χ1v) is 9.60. The number of aromatic nitrogens is 1. The standard InChI is InChI=1S/C20H29N5O2/c1-4-15-12-17(27-24-15)13-22-20(21-5-2)23-16-10-11-25(14-16)18-8-6-7-9-19(18)26-3/h6-9,12,16H,4-5,10-11,13-14H2,1-3H3,(H2,21,22,23). The molecule has 0 bridgehead atoms. The zero-order valence-corrected chi connectivity index (χ0v) is 16.4. The molecule has 0 aliphatic carbocycles. The summed E-state index contributed by atoms with van der Waals surface area (Å²) in [7, 11) is 1.72. The summed E-state index contributed by atoms with van der Waals surface area (Å²) in [6.07, 6.45) is 1.91. The molecule has 0 amide bonds. The number of hydrogen-bond donors (Lipinski definition) is 2. The van der Waals surface area contributed by atoms with Crippen LogP contribution < -0.4 is 20.3 Å². The van der Waals surface area contributed by atoms with Gasteiger partial charge in [0.2, 0.25) is 0 Å². The average Bonchev–Trinajstić information content (AvgIpc) is 3.35. The molecule has 1 aliphatic rings. The molecule has 2 aromatic rings. The second-order valence-corrected chi connectivity index (χ2v) is 6.58. The van der Waals surface area contributed by atoms with E-state index in [0.717, 1.165) is 61.3 Å². The van der Waals surface area contributed by atoms with Crippen LogP contribution in [-0.2, 0) is 13.0 Å². The third kappa shape index (κ3) is 4.93. The van der Waals surface area contributed by atoms with Gasteiger partial charge in [0.25, 0.3) is 0 Å². The van der Waals surface area contributed by atoms with Gasteiger partial charge in [-0.2, -0.15) is 0 Å². The lowest BCUT2D eigenvalue weighted by Gasteiger charge is -2.22.